The minimum atomic E-state index is -4.24. The van der Waals surface area contributed by atoms with Gasteiger partial charge in [0.15, 0.2) is 0 Å². The lowest BCUT2D eigenvalue weighted by Gasteiger charge is -2.36. The lowest BCUT2D eigenvalue weighted by atomic mass is 9.94. The van der Waals surface area contributed by atoms with E-state index in [2.05, 4.69) is 5.32 Å². The summed E-state index contributed by atoms with van der Waals surface area (Å²) >= 11 is 0. The molecule has 0 aliphatic carbocycles. The lowest BCUT2D eigenvalue weighted by molar-refractivity contribution is -0.148. The van der Waals surface area contributed by atoms with E-state index in [0.29, 0.717) is 42.5 Å². The van der Waals surface area contributed by atoms with Crippen molar-refractivity contribution in [2.24, 2.45) is 0 Å². The summed E-state index contributed by atoms with van der Waals surface area (Å²) < 4.78 is 39.4. The van der Waals surface area contributed by atoms with Crippen LogP contribution in [0.2, 0.25) is 0 Å². The summed E-state index contributed by atoms with van der Waals surface area (Å²) in [5.74, 6) is 0.0930. The zero-order chi connectivity index (χ0) is 16.4. The van der Waals surface area contributed by atoms with Crippen LogP contribution in [-0.4, -0.2) is 42.4 Å². The maximum Gasteiger partial charge on any atom is 0.390 e. The third-order valence-corrected chi connectivity index (χ3v) is 4.31. The van der Waals surface area contributed by atoms with Crippen molar-refractivity contribution in [3.8, 4) is 5.75 Å². The van der Waals surface area contributed by atoms with Gasteiger partial charge in [0.2, 0.25) is 0 Å². The van der Waals surface area contributed by atoms with Gasteiger partial charge in [-0.05, 0) is 17.0 Å². The first-order valence-corrected chi connectivity index (χ1v) is 7.68. The summed E-state index contributed by atoms with van der Waals surface area (Å²) in [7, 11) is 0. The molecular weight excluding hydrogens is 305 g/mol. The predicted molar refractivity (Wildman–Crippen MR) is 83.5 cm³/mol. The number of rotatable bonds is 3. The maximum atomic E-state index is 13.1. The molecule has 1 atom stereocenters. The Balaban J connectivity index is 2.07. The van der Waals surface area contributed by atoms with Crippen molar-refractivity contribution in [1.29, 1.82) is 0 Å². The Bertz CT molecular complexity index is 681. The van der Waals surface area contributed by atoms with Gasteiger partial charge in [-0.15, -0.1) is 0 Å². The van der Waals surface area contributed by atoms with Gasteiger partial charge < -0.3 is 10.4 Å². The Kier molecular flexibility index (Phi) is 4.46. The van der Waals surface area contributed by atoms with Gasteiger partial charge in [-0.1, -0.05) is 30.3 Å². The molecule has 1 aliphatic heterocycles. The van der Waals surface area contributed by atoms with Crippen molar-refractivity contribution < 1.29 is 18.3 Å². The molecule has 0 radical (unpaired) electrons. The smallest absolute Gasteiger partial charge is 0.390 e. The van der Waals surface area contributed by atoms with Crippen LogP contribution in [-0.2, 0) is 0 Å². The number of alkyl halides is 3. The lowest BCUT2D eigenvalue weighted by Crippen LogP contribution is -2.46. The van der Waals surface area contributed by atoms with E-state index in [9.17, 15) is 18.3 Å². The second-order valence-electron chi connectivity index (χ2n) is 5.84. The van der Waals surface area contributed by atoms with E-state index in [-0.39, 0.29) is 5.75 Å². The highest BCUT2D eigenvalue weighted by atomic mass is 19.4. The quantitative estimate of drug-likeness (QED) is 0.908. The van der Waals surface area contributed by atoms with Gasteiger partial charge in [0.1, 0.15) is 5.75 Å². The molecule has 1 aliphatic rings. The Hall–Kier alpha value is -1.79. The van der Waals surface area contributed by atoms with Gasteiger partial charge in [-0.3, -0.25) is 4.90 Å². The van der Waals surface area contributed by atoms with E-state index >= 15 is 0 Å². The van der Waals surface area contributed by atoms with Crippen molar-refractivity contribution in [1.82, 2.24) is 10.2 Å². The fourth-order valence-electron chi connectivity index (χ4n) is 3.25. The van der Waals surface area contributed by atoms with Crippen LogP contribution in [0.5, 0.6) is 5.75 Å². The average molecular weight is 324 g/mol. The molecule has 124 valence electrons. The van der Waals surface area contributed by atoms with Gasteiger partial charge >= 0.3 is 6.18 Å². The molecule has 2 N–H and O–H groups in total. The topological polar surface area (TPSA) is 35.5 Å². The van der Waals surface area contributed by atoms with Crippen molar-refractivity contribution in [2.45, 2.75) is 18.6 Å². The van der Waals surface area contributed by atoms with E-state index in [1.165, 1.54) is 6.07 Å². The van der Waals surface area contributed by atoms with E-state index in [1.807, 2.05) is 4.90 Å². The summed E-state index contributed by atoms with van der Waals surface area (Å²) in [6.07, 6.45) is -5.13. The van der Waals surface area contributed by atoms with Gasteiger partial charge in [0.25, 0.3) is 0 Å². The molecule has 0 unspecified atom stereocenters. The standard InChI is InChI=1S/C17H19F3N2O/c18-17(19,20)11-15(22-9-7-21-8-10-22)13-5-6-16(23)14-4-2-1-3-12(13)14/h1-6,15,21,23H,7-11H2/t15-/m1/s1. The summed E-state index contributed by atoms with van der Waals surface area (Å²) in [6.45, 7) is 2.53. The fourth-order valence-corrected chi connectivity index (χ4v) is 3.25. The first-order valence-electron chi connectivity index (χ1n) is 7.68. The number of nitrogens with one attached hydrogen (secondary N) is 1. The Labute approximate surface area is 132 Å². The van der Waals surface area contributed by atoms with Gasteiger partial charge in [-0.2, -0.15) is 13.2 Å². The number of halogens is 3. The van der Waals surface area contributed by atoms with Crippen molar-refractivity contribution in [2.75, 3.05) is 26.2 Å². The molecule has 6 heteroatoms. The molecular formula is C17H19F3N2O. The Morgan fingerprint density at radius 1 is 1.04 bits per heavy atom. The van der Waals surface area contributed by atoms with Crippen LogP contribution < -0.4 is 5.32 Å². The van der Waals surface area contributed by atoms with E-state index in [4.69, 9.17) is 0 Å². The van der Waals surface area contributed by atoms with Crippen LogP contribution in [0.25, 0.3) is 10.8 Å². The number of phenolic OH excluding ortho intramolecular Hbond substituents is 1. The molecule has 0 amide bonds. The number of fused-ring (bicyclic) bond motifs is 1. The molecule has 2 aromatic carbocycles. The third kappa shape index (κ3) is 3.59. The minimum Gasteiger partial charge on any atom is -0.507 e. The van der Waals surface area contributed by atoms with Gasteiger partial charge in [-0.25, -0.2) is 0 Å². The van der Waals surface area contributed by atoms with Gasteiger partial charge in [0, 0.05) is 37.6 Å². The Morgan fingerprint density at radius 3 is 2.35 bits per heavy atom. The Morgan fingerprint density at radius 2 is 1.70 bits per heavy atom. The average Bonchev–Trinajstić information content (AvgIpc) is 2.54. The van der Waals surface area contributed by atoms with Crippen LogP contribution in [0, 0.1) is 0 Å². The molecule has 0 saturated carbocycles. The first kappa shape index (κ1) is 16.1. The molecule has 3 nitrogen and oxygen atoms in total. The second kappa shape index (κ2) is 6.37. The van der Waals surface area contributed by atoms with Crippen molar-refractivity contribution in [3.63, 3.8) is 0 Å². The molecule has 3 rings (SSSR count). The third-order valence-electron chi connectivity index (χ3n) is 4.31. The monoisotopic (exact) mass is 324 g/mol. The van der Waals surface area contributed by atoms with Crippen molar-refractivity contribution in [3.05, 3.63) is 42.0 Å². The number of hydrogen-bond donors (Lipinski definition) is 2. The van der Waals surface area contributed by atoms with E-state index < -0.39 is 18.6 Å². The predicted octanol–water partition coefficient (Wildman–Crippen LogP) is 3.44. The molecule has 1 fully saturated rings. The second-order valence-corrected chi connectivity index (χ2v) is 5.84. The largest absolute Gasteiger partial charge is 0.507 e. The highest BCUT2D eigenvalue weighted by Gasteiger charge is 2.36. The first-order chi connectivity index (χ1) is 11.0. The summed E-state index contributed by atoms with van der Waals surface area (Å²) in [5.41, 5.74) is 0.623. The van der Waals surface area contributed by atoms with Crippen LogP contribution in [0.15, 0.2) is 36.4 Å². The molecule has 23 heavy (non-hydrogen) atoms. The highest BCUT2D eigenvalue weighted by molar-refractivity contribution is 5.91. The van der Waals surface area contributed by atoms with Crippen LogP contribution in [0.1, 0.15) is 18.0 Å². The SMILES string of the molecule is Oc1ccc([C@@H](CC(F)(F)F)N2CCNCC2)c2ccccc12. The van der Waals surface area contributed by atoms with Gasteiger partial charge in [0.05, 0.1) is 6.42 Å². The summed E-state index contributed by atoms with van der Waals surface area (Å²) in [6, 6.07) is 9.44. The number of nitrogens with zero attached hydrogens (tertiary/aromatic N) is 1. The van der Waals surface area contributed by atoms with Crippen molar-refractivity contribution >= 4 is 10.8 Å². The highest BCUT2D eigenvalue weighted by Crippen LogP contribution is 2.39. The fraction of sp³-hybridized carbons (Fsp3) is 0.412. The van der Waals surface area contributed by atoms with E-state index in [1.54, 1.807) is 30.3 Å². The zero-order valence-corrected chi connectivity index (χ0v) is 12.6. The number of aromatic hydroxyl groups is 1. The number of piperazine rings is 1. The minimum absolute atomic E-state index is 0.0930. The molecule has 1 saturated heterocycles. The molecule has 0 aromatic heterocycles. The van der Waals surface area contributed by atoms with Crippen LogP contribution >= 0.6 is 0 Å². The summed E-state index contributed by atoms with van der Waals surface area (Å²) in [4.78, 5) is 1.88. The number of hydrogen-bond acceptors (Lipinski definition) is 3. The molecule has 2 aromatic rings. The maximum absolute atomic E-state index is 13.1. The molecule has 0 spiro atoms. The number of phenols is 1. The van der Waals surface area contributed by atoms with Crippen LogP contribution in [0.3, 0.4) is 0 Å². The van der Waals surface area contributed by atoms with Crippen LogP contribution in [0.4, 0.5) is 13.2 Å². The molecule has 0 bridgehead atoms. The molecule has 1 heterocycles. The summed E-state index contributed by atoms with van der Waals surface area (Å²) in [5, 5.41) is 14.4. The van der Waals surface area contributed by atoms with E-state index in [0.717, 1.165) is 0 Å². The normalized spacial score (nSPS) is 18.2. The zero-order valence-electron chi connectivity index (χ0n) is 12.6. The number of benzene rings is 2.